The van der Waals surface area contributed by atoms with Crippen LogP contribution < -0.4 is 5.32 Å². The van der Waals surface area contributed by atoms with Crippen LogP contribution in [-0.4, -0.2) is 180 Å². The molecule has 3 fully saturated rings. The van der Waals surface area contributed by atoms with E-state index < -0.39 is 118 Å². The van der Waals surface area contributed by atoms with Gasteiger partial charge in [-0.1, -0.05) is 32.9 Å². The fraction of sp³-hybridized carbons (Fsp3) is 0.812. The van der Waals surface area contributed by atoms with Crippen LogP contribution in [0.5, 0.6) is 0 Å². The Morgan fingerprint density at radius 2 is 1.74 bits per heavy atom. The van der Waals surface area contributed by atoms with Crippen LogP contribution in [0.25, 0.3) is 0 Å². The van der Waals surface area contributed by atoms with Crippen molar-refractivity contribution in [2.24, 2.45) is 23.7 Å². The van der Waals surface area contributed by atoms with E-state index in [2.05, 4.69) is 15.6 Å². The van der Waals surface area contributed by atoms with Crippen LogP contribution in [0.2, 0.25) is 0 Å². The van der Waals surface area contributed by atoms with Gasteiger partial charge >= 0.3 is 5.97 Å². The Labute approximate surface area is 405 Å². The predicted molar refractivity (Wildman–Crippen MR) is 252 cm³/mol. The molecule has 0 aliphatic carbocycles. The SMILES string of the molecule is CC[C@H]1OC(=O)[C@H](C)C([C@H]2C[C@@](C)(OC)[C@@H](O)[C@H](C)O2)[C@H](C)[C@@H](O[C@@H]2O[C@H](C)C[C@H](N(C)CCn3cc(CNc4ccc([N+](=O)[O-])cc4F)nn3)[C@H]2O)[C@](C)(O)C[C@@H](C)CN(C)[C@H](C)[C@@H](O)[C@]1(C)O. The molecule has 1 unspecified atom stereocenters. The molecule has 392 valence electrons. The molecule has 3 aliphatic heterocycles. The van der Waals surface area contributed by atoms with E-state index in [-0.39, 0.29) is 43.1 Å². The summed E-state index contributed by atoms with van der Waals surface area (Å²) in [7, 11) is 5.21. The number of aromatic nitrogens is 3. The van der Waals surface area contributed by atoms with Crippen molar-refractivity contribution in [3.8, 4) is 0 Å². The zero-order chi connectivity index (χ0) is 51.5. The van der Waals surface area contributed by atoms with Gasteiger partial charge in [-0.15, -0.1) is 5.10 Å². The second-order valence-electron chi connectivity index (χ2n) is 21.0. The van der Waals surface area contributed by atoms with Gasteiger partial charge in [0.15, 0.2) is 12.1 Å². The molecule has 0 saturated carbocycles. The van der Waals surface area contributed by atoms with Crippen LogP contribution in [0.1, 0.15) is 101 Å². The molecule has 3 saturated heterocycles. The molecule has 6 N–H and O–H groups in total. The van der Waals surface area contributed by atoms with Crippen molar-refractivity contribution >= 4 is 17.3 Å². The number of methoxy groups -OCH3 is 1. The second kappa shape index (κ2) is 22.9. The highest BCUT2D eigenvalue weighted by Gasteiger charge is 2.55. The smallest absolute Gasteiger partial charge is 0.309 e. The van der Waals surface area contributed by atoms with Gasteiger partial charge in [0.05, 0.1) is 77.5 Å². The van der Waals surface area contributed by atoms with Crippen LogP contribution in [0.15, 0.2) is 24.4 Å². The number of non-ortho nitro benzene ring substituents is 1. The summed E-state index contributed by atoms with van der Waals surface area (Å²) in [5.41, 5.74) is -4.30. The average Bonchev–Trinajstić information content (AvgIpc) is 3.74. The lowest BCUT2D eigenvalue weighted by Crippen LogP contribution is -2.62. The number of carbonyl (C=O) groups excluding carboxylic acids is 1. The van der Waals surface area contributed by atoms with Gasteiger partial charge in [-0.25, -0.2) is 4.39 Å². The number of nitro benzene ring substituents is 1. The third-order valence-corrected chi connectivity index (χ3v) is 15.4. The highest BCUT2D eigenvalue weighted by molar-refractivity contribution is 5.73. The first-order valence-electron chi connectivity index (χ1n) is 24.3. The van der Waals surface area contributed by atoms with Gasteiger partial charge in [0.25, 0.3) is 5.69 Å². The summed E-state index contributed by atoms with van der Waals surface area (Å²) in [5.74, 6) is -4.06. The van der Waals surface area contributed by atoms with Crippen LogP contribution in [0.3, 0.4) is 0 Å². The van der Waals surface area contributed by atoms with Crippen molar-refractivity contribution in [3.63, 3.8) is 0 Å². The number of nitrogens with one attached hydrogen (secondary N) is 1. The van der Waals surface area contributed by atoms with E-state index in [4.69, 9.17) is 23.7 Å². The maximum Gasteiger partial charge on any atom is 0.309 e. The normalized spacial score (nSPS) is 40.2. The largest absolute Gasteiger partial charge is 0.459 e. The number of nitrogens with zero attached hydrogens (tertiary/aromatic N) is 6. The molecule has 69 heavy (non-hydrogen) atoms. The van der Waals surface area contributed by atoms with Gasteiger partial charge in [0.1, 0.15) is 35.7 Å². The van der Waals surface area contributed by atoms with Gasteiger partial charge in [-0.2, -0.15) is 0 Å². The number of aliphatic hydroxyl groups excluding tert-OH is 3. The fourth-order valence-corrected chi connectivity index (χ4v) is 11.1. The number of ether oxygens (including phenoxy) is 5. The molecule has 0 amide bonds. The third-order valence-electron chi connectivity index (χ3n) is 15.4. The molecule has 20 nitrogen and oxygen atoms in total. The minimum atomic E-state index is -1.83. The number of hydrogen-bond donors (Lipinski definition) is 6. The fourth-order valence-electron chi connectivity index (χ4n) is 11.1. The molecule has 0 bridgehead atoms. The van der Waals surface area contributed by atoms with E-state index in [1.807, 2.05) is 44.7 Å². The van der Waals surface area contributed by atoms with Gasteiger partial charge in [0, 0.05) is 50.7 Å². The summed E-state index contributed by atoms with van der Waals surface area (Å²) >= 11 is 0. The van der Waals surface area contributed by atoms with Gasteiger partial charge in [-0.05, 0) is 92.8 Å². The minimum absolute atomic E-state index is 0.0824. The predicted octanol–water partition coefficient (Wildman–Crippen LogP) is 3.50. The monoisotopic (exact) mass is 982 g/mol. The zero-order valence-electron chi connectivity index (χ0n) is 42.7. The molecule has 21 heteroatoms. The molecule has 18 atom stereocenters. The summed E-state index contributed by atoms with van der Waals surface area (Å²) in [6.07, 6.45) is -6.12. The van der Waals surface area contributed by atoms with Gasteiger partial charge in [-0.3, -0.25) is 24.5 Å². The number of likely N-dealkylation sites (N-methyl/N-ethyl adjacent to an activating group) is 2. The van der Waals surface area contributed by atoms with Crippen molar-refractivity contribution in [2.75, 3.05) is 39.6 Å². The number of rotatable bonds is 13. The lowest BCUT2D eigenvalue weighted by molar-refractivity contribution is -0.385. The topological polar surface area (TPSA) is 257 Å². The number of carbonyl (C=O) groups is 1. The van der Waals surface area contributed by atoms with Crippen LogP contribution >= 0.6 is 0 Å². The van der Waals surface area contributed by atoms with Gasteiger partial charge < -0.3 is 59.4 Å². The molecule has 3 aliphatic rings. The standard InChI is InChI=1S/C48H80FN7O13/c1-14-38-48(10,62)41(58)30(6)54(12)24-26(2)21-46(8,61)43(28(4)39(29(5)44(60)68-38)37-22-47(9,65-13)42(59)31(7)67-37)69-45-40(57)36(19-27(3)66-45)53(11)17-18-55-25-32(51-52-55)23-50-35-16-15-33(56(63)64)20-34(35)49/h15-16,20,25-31,36-43,45,50,57-59,61-62H,14,17-19,21-24H2,1-13H3/t26-,27-,28+,29-,30-,31+,36+,37-,38-,39?,40-,41-,42+,43-,45+,46-,47-,48-/m1/s1. The number of nitro groups is 1. The van der Waals surface area contributed by atoms with Crippen molar-refractivity contribution in [2.45, 2.75) is 192 Å². The van der Waals surface area contributed by atoms with E-state index in [0.717, 1.165) is 6.07 Å². The number of benzene rings is 1. The number of anilines is 1. The number of halogens is 1. The van der Waals surface area contributed by atoms with E-state index in [1.54, 1.807) is 52.4 Å². The van der Waals surface area contributed by atoms with E-state index in [9.17, 15) is 44.8 Å². The second-order valence-corrected chi connectivity index (χ2v) is 21.0. The van der Waals surface area contributed by atoms with E-state index in [1.165, 1.54) is 26.2 Å². The van der Waals surface area contributed by atoms with Crippen molar-refractivity contribution in [3.05, 3.63) is 46.0 Å². The Kier molecular flexibility index (Phi) is 18.8. The van der Waals surface area contributed by atoms with Crippen molar-refractivity contribution < 1.29 is 63.3 Å². The molecule has 0 spiro atoms. The van der Waals surface area contributed by atoms with E-state index >= 15 is 0 Å². The molecule has 4 heterocycles. The zero-order valence-corrected chi connectivity index (χ0v) is 42.7. The molecule has 0 radical (unpaired) electrons. The summed E-state index contributed by atoms with van der Waals surface area (Å²) in [6.45, 7) is 19.0. The molecular formula is C48H80FN7O13. The molecule has 1 aromatic carbocycles. The first-order valence-corrected chi connectivity index (χ1v) is 24.3. The molecule has 1 aromatic heterocycles. The molecule has 5 rings (SSSR count). The number of cyclic esters (lactones) is 1. The van der Waals surface area contributed by atoms with Crippen LogP contribution in [0.4, 0.5) is 15.8 Å². The Bertz CT molecular complexity index is 2010. The van der Waals surface area contributed by atoms with E-state index in [0.29, 0.717) is 31.7 Å². The Morgan fingerprint density at radius 3 is 2.36 bits per heavy atom. The van der Waals surface area contributed by atoms with Crippen LogP contribution in [0, 0.1) is 39.6 Å². The van der Waals surface area contributed by atoms with Gasteiger partial charge in [0.2, 0.25) is 0 Å². The average molecular weight is 982 g/mol. The van der Waals surface area contributed by atoms with Crippen LogP contribution in [-0.2, 0) is 41.6 Å². The lowest BCUT2D eigenvalue weighted by Gasteiger charge is -2.51. The first-order chi connectivity index (χ1) is 32.1. The van der Waals surface area contributed by atoms with Crippen molar-refractivity contribution in [1.29, 1.82) is 0 Å². The summed E-state index contributed by atoms with van der Waals surface area (Å²) < 4.78 is 48.1. The first kappa shape index (κ1) is 56.4. The Hall–Kier alpha value is -3.48. The van der Waals surface area contributed by atoms with Crippen molar-refractivity contribution in [1.82, 2.24) is 24.8 Å². The highest BCUT2D eigenvalue weighted by Crippen LogP contribution is 2.45. The number of esters is 1. The summed E-state index contributed by atoms with van der Waals surface area (Å²) in [5, 5.41) is 82.2. The molecule has 2 aromatic rings. The lowest BCUT2D eigenvalue weighted by atomic mass is 9.68. The maximum absolute atomic E-state index is 14.6. The summed E-state index contributed by atoms with van der Waals surface area (Å²) in [6, 6.07) is 2.29. The number of hydrogen-bond acceptors (Lipinski definition) is 18. The number of aliphatic hydroxyl groups is 5. The Morgan fingerprint density at radius 1 is 1.06 bits per heavy atom. The quantitative estimate of drug-likeness (QED) is 0.0954. The Balaban J connectivity index is 1.43. The summed E-state index contributed by atoms with van der Waals surface area (Å²) in [4.78, 5) is 28.8. The maximum atomic E-state index is 14.6. The minimum Gasteiger partial charge on any atom is -0.459 e. The third kappa shape index (κ3) is 13.0. The highest BCUT2D eigenvalue weighted by atomic mass is 19.1. The molecular weight excluding hydrogens is 902 g/mol.